The van der Waals surface area contributed by atoms with Crippen LogP contribution in [0.3, 0.4) is 0 Å². The number of aliphatic hydroxyl groups excluding tert-OH is 1. The van der Waals surface area contributed by atoms with Crippen LogP contribution in [0, 0.1) is 0 Å². The van der Waals surface area contributed by atoms with Crippen LogP contribution in [0.25, 0.3) is 0 Å². The molecule has 0 radical (unpaired) electrons. The van der Waals surface area contributed by atoms with Crippen molar-refractivity contribution < 1.29 is 60.6 Å². The van der Waals surface area contributed by atoms with E-state index in [0.717, 1.165) is 23.8 Å². The number of hydrogen-bond acceptors (Lipinski definition) is 10. The summed E-state index contributed by atoms with van der Waals surface area (Å²) in [4.78, 5) is 60.2. The van der Waals surface area contributed by atoms with Crippen LogP contribution in [-0.4, -0.2) is 58.7 Å². The van der Waals surface area contributed by atoms with Gasteiger partial charge in [-0.15, -0.1) is 11.6 Å². The Bertz CT molecular complexity index is 1020. The summed E-state index contributed by atoms with van der Waals surface area (Å²) in [7, 11) is -17.2. The molecule has 1 aromatic rings. The lowest BCUT2D eigenvalue weighted by atomic mass is 10.1. The molecule has 1 rings (SSSR count). The van der Waals surface area contributed by atoms with Crippen molar-refractivity contribution in [3.8, 4) is 0 Å². The molecule has 1 heterocycles. The third kappa shape index (κ3) is 8.94. The predicted octanol–water partition coefficient (Wildman–Crippen LogP) is -0.320. The van der Waals surface area contributed by atoms with E-state index in [1.807, 2.05) is 4.98 Å². The van der Waals surface area contributed by atoms with Crippen molar-refractivity contribution in [3.63, 3.8) is 0 Å². The molecule has 5 atom stereocenters. The van der Waals surface area contributed by atoms with E-state index in [1.54, 1.807) is 0 Å². The van der Waals surface area contributed by atoms with Gasteiger partial charge in [0.15, 0.2) is 5.60 Å². The van der Waals surface area contributed by atoms with Gasteiger partial charge in [0, 0.05) is 12.3 Å². The fourth-order valence-corrected chi connectivity index (χ4v) is 5.24. The van der Waals surface area contributed by atoms with Gasteiger partial charge in [-0.3, -0.25) is 18.9 Å². The topological polar surface area (TPSA) is 244 Å². The van der Waals surface area contributed by atoms with Crippen molar-refractivity contribution in [1.29, 1.82) is 0 Å². The first-order chi connectivity index (χ1) is 13.9. The number of aromatic amines is 1. The molecule has 2 unspecified atom stereocenters. The number of phosphoric ester groups is 1. The van der Waals surface area contributed by atoms with Gasteiger partial charge in [0.2, 0.25) is 6.36 Å². The number of hydrogen-bond donors (Lipinski definition) is 6. The average molecular weight is 537 g/mol. The minimum atomic E-state index is -5.85. The van der Waals surface area contributed by atoms with Gasteiger partial charge in [0.1, 0.15) is 6.23 Å². The van der Waals surface area contributed by atoms with E-state index < -0.39 is 65.4 Å². The lowest BCUT2D eigenvalue weighted by molar-refractivity contribution is -0.213. The van der Waals surface area contributed by atoms with E-state index in [4.69, 9.17) is 31.0 Å². The standard InChI is InChI=1S/C10H17ClFN2O14P3/c1-6(14-3-2-7(15)13-9(14)17)26-10(4-11,8(12)16)5-25-30(21,22)28-31(23,24)27-29(18,19)20/h2-3,6,8,16H,4-5H2,1H3,(H,21,22)(H,23,24)(H,13,15,17)(H2,18,19,20)/t6-,8-,10-/m1/s1. The van der Waals surface area contributed by atoms with Crippen LogP contribution in [0.15, 0.2) is 21.9 Å². The minimum Gasteiger partial charge on any atom is -0.362 e. The molecule has 0 fully saturated rings. The highest BCUT2D eigenvalue weighted by molar-refractivity contribution is 7.66. The van der Waals surface area contributed by atoms with Crippen molar-refractivity contribution in [2.45, 2.75) is 25.1 Å². The number of halogens is 2. The maximum Gasteiger partial charge on any atom is 0.490 e. The third-order valence-corrected chi connectivity index (χ3v) is 7.43. The molecule has 1 aromatic heterocycles. The molecule has 21 heteroatoms. The van der Waals surface area contributed by atoms with Crippen LogP contribution in [0.5, 0.6) is 0 Å². The van der Waals surface area contributed by atoms with E-state index in [2.05, 4.69) is 13.1 Å². The number of aliphatic hydroxyl groups is 1. The molecule has 16 nitrogen and oxygen atoms in total. The molecule has 0 aliphatic heterocycles. The summed E-state index contributed by atoms with van der Waals surface area (Å²) in [5.74, 6) is -0.983. The van der Waals surface area contributed by atoms with Crippen molar-refractivity contribution in [2.24, 2.45) is 0 Å². The van der Waals surface area contributed by atoms with E-state index >= 15 is 0 Å². The number of alkyl halides is 2. The minimum absolute atomic E-state index is 0.718. The zero-order valence-corrected chi connectivity index (χ0v) is 18.6. The Labute approximate surface area is 176 Å². The highest BCUT2D eigenvalue weighted by atomic mass is 35.5. The first kappa shape index (κ1) is 28.3. The van der Waals surface area contributed by atoms with Crippen molar-refractivity contribution in [2.75, 3.05) is 12.5 Å². The summed E-state index contributed by atoms with van der Waals surface area (Å²) >= 11 is 5.57. The number of nitrogens with zero attached hydrogens (tertiary/aromatic N) is 1. The Morgan fingerprint density at radius 2 is 1.77 bits per heavy atom. The molecule has 6 N–H and O–H groups in total. The number of phosphoric acid groups is 3. The zero-order chi connectivity index (χ0) is 24.3. The summed E-state index contributed by atoms with van der Waals surface area (Å²) in [6.45, 7) is -0.311. The fourth-order valence-electron chi connectivity index (χ4n) is 1.90. The summed E-state index contributed by atoms with van der Waals surface area (Å²) in [5.41, 5.74) is -4.46. The lowest BCUT2D eigenvalue weighted by Crippen LogP contribution is -2.50. The van der Waals surface area contributed by atoms with E-state index in [9.17, 15) is 37.7 Å². The summed E-state index contributed by atoms with van der Waals surface area (Å²) in [6.07, 6.45) is -3.55. The second-order valence-electron chi connectivity index (χ2n) is 5.63. The Kier molecular flexibility index (Phi) is 9.52. The second-order valence-corrected chi connectivity index (χ2v) is 10.3. The number of rotatable bonds is 12. The molecule has 0 spiro atoms. The van der Waals surface area contributed by atoms with Gasteiger partial charge in [0.25, 0.3) is 5.56 Å². The van der Waals surface area contributed by atoms with E-state index in [-0.39, 0.29) is 0 Å². The highest BCUT2D eigenvalue weighted by Gasteiger charge is 2.46. The number of aromatic nitrogens is 2. The van der Waals surface area contributed by atoms with Gasteiger partial charge >= 0.3 is 29.2 Å². The Morgan fingerprint density at radius 1 is 1.19 bits per heavy atom. The first-order valence-electron chi connectivity index (χ1n) is 7.58. The van der Waals surface area contributed by atoms with Crippen LogP contribution in [0.4, 0.5) is 4.39 Å². The van der Waals surface area contributed by atoms with Gasteiger partial charge in [-0.05, 0) is 6.92 Å². The Morgan fingerprint density at radius 3 is 2.23 bits per heavy atom. The number of H-pyrrole nitrogens is 1. The molecule has 0 saturated carbocycles. The van der Waals surface area contributed by atoms with Gasteiger partial charge in [-0.25, -0.2) is 22.9 Å². The summed E-state index contributed by atoms with van der Waals surface area (Å²) in [6, 6.07) is 0.904. The average Bonchev–Trinajstić information content (AvgIpc) is 2.54. The Hall–Kier alpha value is -0.770. The fraction of sp³-hybridized carbons (Fsp3) is 0.600. The highest BCUT2D eigenvalue weighted by Crippen LogP contribution is 2.66. The third-order valence-electron chi connectivity index (χ3n) is 3.20. The molecule has 0 aliphatic rings. The molecule has 0 aliphatic carbocycles. The normalized spacial score (nSPS) is 20.3. The quantitative estimate of drug-likeness (QED) is 0.148. The predicted molar refractivity (Wildman–Crippen MR) is 97.5 cm³/mol. The largest absolute Gasteiger partial charge is 0.490 e. The molecular formula is C10H17ClFN2O14P3. The summed E-state index contributed by atoms with van der Waals surface area (Å²) in [5, 5.41) is 9.41. The first-order valence-corrected chi connectivity index (χ1v) is 12.6. The SMILES string of the molecule is C[C@@H](O[C@](CCl)(COP(=O)(O)OP(=O)(O)OP(=O)(O)O)[C@@H](O)F)n1ccc(=O)[nH]c1=O. The lowest BCUT2D eigenvalue weighted by Gasteiger charge is -2.35. The Balaban J connectivity index is 3.05. The smallest absolute Gasteiger partial charge is 0.362 e. The second kappa shape index (κ2) is 10.4. The maximum absolute atomic E-state index is 13.9. The molecular weight excluding hydrogens is 519 g/mol. The molecule has 0 saturated heterocycles. The van der Waals surface area contributed by atoms with Crippen LogP contribution in [0.1, 0.15) is 13.2 Å². The van der Waals surface area contributed by atoms with Crippen molar-refractivity contribution >= 4 is 35.1 Å². The van der Waals surface area contributed by atoms with Crippen molar-refractivity contribution in [1.82, 2.24) is 9.55 Å². The van der Waals surface area contributed by atoms with Crippen LogP contribution in [0.2, 0.25) is 0 Å². The van der Waals surface area contributed by atoms with Crippen molar-refractivity contribution in [3.05, 3.63) is 33.1 Å². The van der Waals surface area contributed by atoms with Gasteiger partial charge in [-0.2, -0.15) is 8.62 Å². The number of ether oxygens (including phenoxy) is 1. The van der Waals surface area contributed by atoms with Gasteiger partial charge < -0.3 is 29.4 Å². The zero-order valence-electron chi connectivity index (χ0n) is 15.2. The number of nitrogens with one attached hydrogen (secondary N) is 1. The van der Waals surface area contributed by atoms with Gasteiger partial charge in [0.05, 0.1) is 12.5 Å². The molecule has 0 bridgehead atoms. The maximum atomic E-state index is 13.9. The van der Waals surface area contributed by atoms with E-state index in [1.165, 1.54) is 0 Å². The monoisotopic (exact) mass is 536 g/mol. The molecule has 31 heavy (non-hydrogen) atoms. The van der Waals surface area contributed by atoms with Gasteiger partial charge in [-0.1, -0.05) is 0 Å². The van der Waals surface area contributed by atoms with Crippen LogP contribution < -0.4 is 11.2 Å². The molecule has 180 valence electrons. The summed E-state index contributed by atoms with van der Waals surface area (Å²) < 4.78 is 64.7. The van der Waals surface area contributed by atoms with Crippen LogP contribution >= 0.6 is 35.1 Å². The van der Waals surface area contributed by atoms with Crippen LogP contribution in [-0.2, 0) is 31.6 Å². The molecule has 0 amide bonds. The van der Waals surface area contributed by atoms with E-state index in [0.29, 0.717) is 0 Å². The molecule has 0 aromatic carbocycles.